The fourth-order valence-corrected chi connectivity index (χ4v) is 4.94. The van der Waals surface area contributed by atoms with Crippen molar-refractivity contribution in [3.05, 3.63) is 66.0 Å². The Kier molecular flexibility index (Phi) is 5.02. The quantitative estimate of drug-likeness (QED) is 0.663. The van der Waals surface area contributed by atoms with Crippen LogP contribution in [0.15, 0.2) is 54.7 Å². The number of methoxy groups -OCH3 is 3. The van der Waals surface area contributed by atoms with Gasteiger partial charge < -0.3 is 24.1 Å². The van der Waals surface area contributed by atoms with Gasteiger partial charge in [-0.1, -0.05) is 0 Å². The van der Waals surface area contributed by atoms with Crippen molar-refractivity contribution in [1.29, 1.82) is 0 Å². The van der Waals surface area contributed by atoms with Gasteiger partial charge in [0.25, 0.3) is 0 Å². The van der Waals surface area contributed by atoms with Gasteiger partial charge in [0.05, 0.1) is 38.2 Å². The van der Waals surface area contributed by atoms with E-state index in [0.29, 0.717) is 0 Å². The fraction of sp³-hybridized carbons (Fsp3) is 0.360. The molecule has 162 valence electrons. The third kappa shape index (κ3) is 3.51. The summed E-state index contributed by atoms with van der Waals surface area (Å²) in [6, 6.07) is 16.8. The van der Waals surface area contributed by atoms with Crippen molar-refractivity contribution in [1.82, 2.24) is 9.47 Å². The average molecular weight is 420 g/mol. The molecule has 6 heteroatoms. The van der Waals surface area contributed by atoms with Gasteiger partial charge in [-0.25, -0.2) is 0 Å². The van der Waals surface area contributed by atoms with E-state index < -0.39 is 0 Å². The molecule has 0 aliphatic carbocycles. The van der Waals surface area contributed by atoms with Crippen LogP contribution in [0.1, 0.15) is 24.1 Å². The lowest BCUT2D eigenvalue weighted by Gasteiger charge is -2.46. The van der Waals surface area contributed by atoms with Crippen molar-refractivity contribution in [2.45, 2.75) is 24.9 Å². The van der Waals surface area contributed by atoms with Crippen molar-refractivity contribution in [3.63, 3.8) is 0 Å². The monoisotopic (exact) mass is 419 g/mol. The van der Waals surface area contributed by atoms with E-state index in [0.717, 1.165) is 55.4 Å². The van der Waals surface area contributed by atoms with Crippen molar-refractivity contribution < 1.29 is 14.2 Å². The molecule has 2 aliphatic heterocycles. The molecule has 0 saturated carbocycles. The predicted octanol–water partition coefficient (Wildman–Crippen LogP) is 4.42. The van der Waals surface area contributed by atoms with Gasteiger partial charge in [-0.2, -0.15) is 0 Å². The van der Waals surface area contributed by atoms with Crippen LogP contribution in [0.3, 0.4) is 0 Å². The molecular weight excluding hydrogens is 390 g/mol. The number of piperidine rings is 1. The number of benzene rings is 2. The van der Waals surface area contributed by atoms with Crippen LogP contribution in [-0.4, -0.2) is 43.9 Å². The summed E-state index contributed by atoms with van der Waals surface area (Å²) in [5.41, 5.74) is 4.80. The van der Waals surface area contributed by atoms with Gasteiger partial charge in [-0.05, 0) is 54.8 Å². The number of nitrogens with one attached hydrogen (secondary N) is 1. The summed E-state index contributed by atoms with van der Waals surface area (Å²) in [6.07, 6.45) is 4.24. The molecule has 3 heterocycles. The minimum Gasteiger partial charge on any atom is -0.497 e. The molecule has 1 aromatic heterocycles. The standard InChI is InChI=1S/C25H29N3O3/c1-29-19-6-7-23-22(16-19)26-25(24-5-4-10-28(23)24)8-11-27(12-9-25)17-18-13-20(30-2)15-21(14-18)31-3/h4-7,10,13-16,26H,8-9,11-12,17H2,1-3H3. The lowest BCUT2D eigenvalue weighted by Crippen LogP contribution is -2.49. The smallest absolute Gasteiger partial charge is 0.122 e. The number of fused-ring (bicyclic) bond motifs is 4. The topological polar surface area (TPSA) is 47.9 Å². The molecule has 0 atom stereocenters. The maximum Gasteiger partial charge on any atom is 0.122 e. The zero-order valence-electron chi connectivity index (χ0n) is 18.4. The van der Waals surface area contributed by atoms with Crippen molar-refractivity contribution in [2.24, 2.45) is 0 Å². The summed E-state index contributed by atoms with van der Waals surface area (Å²) < 4.78 is 18.7. The van der Waals surface area contributed by atoms with Gasteiger partial charge in [0.15, 0.2) is 0 Å². The molecule has 0 bridgehead atoms. The lowest BCUT2D eigenvalue weighted by atomic mass is 9.82. The zero-order chi connectivity index (χ0) is 21.4. The van der Waals surface area contributed by atoms with Gasteiger partial charge in [0.2, 0.25) is 0 Å². The Hall–Kier alpha value is -3.12. The van der Waals surface area contributed by atoms with Crippen LogP contribution in [-0.2, 0) is 12.1 Å². The summed E-state index contributed by atoms with van der Waals surface area (Å²) in [4.78, 5) is 2.51. The molecule has 1 saturated heterocycles. The van der Waals surface area contributed by atoms with E-state index in [9.17, 15) is 0 Å². The first-order valence-electron chi connectivity index (χ1n) is 10.7. The van der Waals surface area contributed by atoms with E-state index in [1.165, 1.54) is 16.9 Å². The highest BCUT2D eigenvalue weighted by atomic mass is 16.5. The first kappa shape index (κ1) is 19.8. The maximum atomic E-state index is 5.47. The summed E-state index contributed by atoms with van der Waals surface area (Å²) in [5.74, 6) is 2.54. The van der Waals surface area contributed by atoms with Crippen LogP contribution >= 0.6 is 0 Å². The Balaban J connectivity index is 1.36. The normalized spacial score (nSPS) is 16.9. The number of anilines is 1. The first-order chi connectivity index (χ1) is 15.1. The minimum absolute atomic E-state index is 0.0641. The molecule has 2 aliphatic rings. The SMILES string of the molecule is COc1cc(CN2CCC3(CC2)Nc2cc(OC)ccc2-n2cccc23)cc(OC)c1. The second kappa shape index (κ2) is 7.85. The Morgan fingerprint density at radius 1 is 0.871 bits per heavy atom. The molecule has 1 spiro atoms. The molecule has 3 aromatic rings. The molecule has 1 N–H and O–H groups in total. The molecule has 31 heavy (non-hydrogen) atoms. The molecule has 1 fully saturated rings. The summed E-state index contributed by atoms with van der Waals surface area (Å²) >= 11 is 0. The van der Waals surface area contributed by atoms with Crippen LogP contribution in [0, 0.1) is 0 Å². The van der Waals surface area contributed by atoms with E-state index in [2.05, 4.69) is 57.4 Å². The third-order valence-electron chi connectivity index (χ3n) is 6.60. The second-order valence-electron chi connectivity index (χ2n) is 8.35. The van der Waals surface area contributed by atoms with E-state index in [4.69, 9.17) is 14.2 Å². The van der Waals surface area contributed by atoms with Crippen molar-refractivity contribution in [2.75, 3.05) is 39.7 Å². The van der Waals surface area contributed by atoms with Crippen LogP contribution in [0.25, 0.3) is 5.69 Å². The average Bonchev–Trinajstić information content (AvgIpc) is 3.31. The van der Waals surface area contributed by atoms with Gasteiger partial charge in [0.1, 0.15) is 17.2 Å². The van der Waals surface area contributed by atoms with E-state index >= 15 is 0 Å². The highest BCUT2D eigenvalue weighted by Gasteiger charge is 2.41. The number of ether oxygens (including phenoxy) is 3. The maximum absolute atomic E-state index is 5.47. The van der Waals surface area contributed by atoms with Crippen molar-refractivity contribution >= 4 is 5.69 Å². The number of nitrogens with zero attached hydrogens (tertiary/aromatic N) is 2. The number of hydrogen-bond donors (Lipinski definition) is 1. The lowest BCUT2D eigenvalue weighted by molar-refractivity contribution is 0.161. The first-order valence-corrected chi connectivity index (χ1v) is 10.7. The van der Waals surface area contributed by atoms with Gasteiger partial charge >= 0.3 is 0 Å². The largest absolute Gasteiger partial charge is 0.497 e. The van der Waals surface area contributed by atoms with E-state index in [-0.39, 0.29) is 5.54 Å². The van der Waals surface area contributed by atoms with Crippen LogP contribution in [0.4, 0.5) is 5.69 Å². The highest BCUT2D eigenvalue weighted by Crippen LogP contribution is 2.44. The Morgan fingerprint density at radius 2 is 1.58 bits per heavy atom. The molecule has 6 nitrogen and oxygen atoms in total. The van der Waals surface area contributed by atoms with Gasteiger partial charge in [-0.15, -0.1) is 0 Å². The molecule has 2 aromatic carbocycles. The second-order valence-corrected chi connectivity index (χ2v) is 8.35. The van der Waals surface area contributed by atoms with Crippen LogP contribution < -0.4 is 19.5 Å². The summed E-state index contributed by atoms with van der Waals surface area (Å²) in [7, 11) is 5.10. The molecular formula is C25H29N3O3. The van der Waals surface area contributed by atoms with Gasteiger partial charge in [-0.3, -0.25) is 4.90 Å². The number of aromatic nitrogens is 1. The minimum atomic E-state index is -0.0641. The molecule has 0 amide bonds. The Morgan fingerprint density at radius 3 is 2.26 bits per heavy atom. The summed E-state index contributed by atoms with van der Waals surface area (Å²) in [5, 5.41) is 3.88. The highest BCUT2D eigenvalue weighted by molar-refractivity contribution is 5.69. The number of rotatable bonds is 5. The van der Waals surface area contributed by atoms with Crippen LogP contribution in [0.2, 0.25) is 0 Å². The number of hydrogen-bond acceptors (Lipinski definition) is 5. The zero-order valence-corrected chi connectivity index (χ0v) is 18.4. The van der Waals surface area contributed by atoms with Crippen molar-refractivity contribution in [3.8, 4) is 22.9 Å². The fourth-order valence-electron chi connectivity index (χ4n) is 4.94. The van der Waals surface area contributed by atoms with E-state index in [1.54, 1.807) is 21.3 Å². The Bertz CT molecular complexity index is 1060. The summed E-state index contributed by atoms with van der Waals surface area (Å²) in [6.45, 7) is 2.91. The van der Waals surface area contributed by atoms with Gasteiger partial charge in [0, 0.05) is 43.7 Å². The van der Waals surface area contributed by atoms with Crippen LogP contribution in [0.5, 0.6) is 17.2 Å². The third-order valence-corrected chi connectivity index (χ3v) is 6.60. The molecule has 5 rings (SSSR count). The van der Waals surface area contributed by atoms with E-state index in [1.807, 2.05) is 12.1 Å². The molecule has 0 unspecified atom stereocenters. The molecule has 0 radical (unpaired) electrons. The predicted molar refractivity (Wildman–Crippen MR) is 122 cm³/mol. The number of likely N-dealkylation sites (tertiary alicyclic amines) is 1. The Labute approximate surface area is 183 Å².